The van der Waals surface area contributed by atoms with E-state index in [0.29, 0.717) is 10.8 Å². The summed E-state index contributed by atoms with van der Waals surface area (Å²) in [4.78, 5) is 25.8. The highest BCUT2D eigenvalue weighted by molar-refractivity contribution is 6.05. The number of fused-ring (bicyclic) bond motifs is 1. The van der Waals surface area contributed by atoms with Crippen molar-refractivity contribution in [2.24, 2.45) is 12.1 Å². The molecule has 0 atom stereocenters. The smallest absolute Gasteiger partial charge is 0.272 e. The van der Waals surface area contributed by atoms with Gasteiger partial charge in [0.05, 0.1) is 23.8 Å². The first kappa shape index (κ1) is 20.2. The monoisotopic (exact) mass is 414 g/mol. The lowest BCUT2D eigenvalue weighted by Crippen LogP contribution is -2.29. The Bertz CT molecular complexity index is 1350. The molecule has 156 valence electrons. The van der Waals surface area contributed by atoms with E-state index in [4.69, 9.17) is 0 Å². The molecule has 0 aliphatic rings. The molecule has 0 bridgehead atoms. The zero-order chi connectivity index (χ0) is 22.0. The van der Waals surface area contributed by atoms with Crippen LogP contribution in [0, 0.1) is 13.8 Å². The number of aryl methyl sites for hydroxylation is 2. The zero-order valence-electron chi connectivity index (χ0n) is 17.5. The quantitative estimate of drug-likeness (QED) is 0.401. The van der Waals surface area contributed by atoms with Crippen LogP contribution >= 0.6 is 0 Å². The maximum Gasteiger partial charge on any atom is 0.292 e. The molecule has 8 nitrogen and oxygen atoms in total. The van der Waals surface area contributed by atoms with Crippen LogP contribution in [0.5, 0.6) is 0 Å². The van der Waals surface area contributed by atoms with Crippen LogP contribution in [0.4, 0.5) is 0 Å². The van der Waals surface area contributed by atoms with Crippen molar-refractivity contribution in [3.8, 4) is 0 Å². The van der Waals surface area contributed by atoms with Crippen molar-refractivity contribution in [2.75, 3.05) is 0 Å². The molecule has 0 unspecified atom stereocenters. The van der Waals surface area contributed by atoms with Crippen LogP contribution < -0.4 is 11.0 Å². The molecule has 31 heavy (non-hydrogen) atoms. The average Bonchev–Trinajstić information content (AvgIpc) is 3.02. The number of nitrogens with one attached hydrogen (secondary N) is 1. The third kappa shape index (κ3) is 4.00. The van der Waals surface area contributed by atoms with Gasteiger partial charge in [-0.25, -0.2) is 10.1 Å². The number of aromatic nitrogens is 4. The van der Waals surface area contributed by atoms with Crippen molar-refractivity contribution in [1.82, 2.24) is 25.0 Å². The standard InChI is InChI=1S/C23H22N6O2/c1-15-20(16(2)28(3)26-15)13-24-25-22(30)21-18-11-7-8-12-19(18)23(31)29(27-21)14-17-9-5-4-6-10-17/h4-13H,14H2,1-3H3,(H,25,30)/b24-13-. The second kappa shape index (κ2) is 8.35. The van der Waals surface area contributed by atoms with Crippen molar-refractivity contribution in [1.29, 1.82) is 0 Å². The van der Waals surface area contributed by atoms with Gasteiger partial charge in [0.25, 0.3) is 11.5 Å². The second-order valence-corrected chi connectivity index (χ2v) is 7.25. The van der Waals surface area contributed by atoms with E-state index in [9.17, 15) is 9.59 Å². The number of carbonyl (C=O) groups excluding carboxylic acids is 1. The summed E-state index contributed by atoms with van der Waals surface area (Å²) in [6.07, 6.45) is 1.57. The molecular weight excluding hydrogens is 392 g/mol. The number of hydrazone groups is 1. The number of amides is 1. The van der Waals surface area contributed by atoms with Crippen LogP contribution in [0.2, 0.25) is 0 Å². The molecule has 2 aromatic heterocycles. The zero-order valence-corrected chi connectivity index (χ0v) is 17.5. The summed E-state index contributed by atoms with van der Waals surface area (Å²) in [5, 5.41) is 13.7. The maximum atomic E-state index is 12.9. The third-order valence-electron chi connectivity index (χ3n) is 5.18. The van der Waals surface area contributed by atoms with E-state index in [1.165, 1.54) is 4.68 Å². The molecule has 0 radical (unpaired) electrons. The molecule has 0 aliphatic heterocycles. The Morgan fingerprint density at radius 1 is 1.03 bits per heavy atom. The molecule has 0 spiro atoms. The summed E-state index contributed by atoms with van der Waals surface area (Å²) in [5.74, 6) is -0.492. The molecule has 0 fully saturated rings. The molecule has 0 aliphatic carbocycles. The number of nitrogens with zero attached hydrogens (tertiary/aromatic N) is 5. The number of hydrogen-bond donors (Lipinski definition) is 1. The van der Waals surface area contributed by atoms with Crippen LogP contribution in [-0.4, -0.2) is 31.7 Å². The fourth-order valence-corrected chi connectivity index (χ4v) is 3.45. The predicted molar refractivity (Wildman–Crippen MR) is 119 cm³/mol. The van der Waals surface area contributed by atoms with Gasteiger partial charge in [-0.05, 0) is 25.5 Å². The topological polar surface area (TPSA) is 94.2 Å². The molecular formula is C23H22N6O2. The first-order valence-corrected chi connectivity index (χ1v) is 9.83. The number of rotatable bonds is 5. The van der Waals surface area contributed by atoms with Crippen LogP contribution in [-0.2, 0) is 13.6 Å². The highest BCUT2D eigenvalue weighted by atomic mass is 16.2. The lowest BCUT2D eigenvalue weighted by molar-refractivity contribution is 0.0949. The van der Waals surface area contributed by atoms with Gasteiger partial charge in [-0.2, -0.15) is 15.3 Å². The molecule has 4 rings (SSSR count). The van der Waals surface area contributed by atoms with E-state index in [0.717, 1.165) is 22.5 Å². The normalized spacial score (nSPS) is 11.3. The van der Waals surface area contributed by atoms with Crippen LogP contribution in [0.1, 0.15) is 33.0 Å². The van der Waals surface area contributed by atoms with Gasteiger partial charge in [0.15, 0.2) is 5.69 Å². The summed E-state index contributed by atoms with van der Waals surface area (Å²) >= 11 is 0. The Balaban J connectivity index is 1.69. The van der Waals surface area contributed by atoms with E-state index >= 15 is 0 Å². The Morgan fingerprint density at radius 2 is 1.71 bits per heavy atom. The van der Waals surface area contributed by atoms with Crippen LogP contribution in [0.25, 0.3) is 10.8 Å². The average molecular weight is 414 g/mol. The van der Waals surface area contributed by atoms with Crippen molar-refractivity contribution >= 4 is 22.9 Å². The van der Waals surface area contributed by atoms with Gasteiger partial charge in [0, 0.05) is 23.7 Å². The van der Waals surface area contributed by atoms with Gasteiger partial charge in [-0.3, -0.25) is 14.3 Å². The number of carbonyl (C=O) groups is 1. The molecule has 4 aromatic rings. The van der Waals surface area contributed by atoms with Crippen molar-refractivity contribution in [3.05, 3.63) is 93.2 Å². The minimum atomic E-state index is -0.492. The highest BCUT2D eigenvalue weighted by Gasteiger charge is 2.16. The van der Waals surface area contributed by atoms with Crippen molar-refractivity contribution in [3.63, 3.8) is 0 Å². The first-order valence-electron chi connectivity index (χ1n) is 9.83. The second-order valence-electron chi connectivity index (χ2n) is 7.25. The predicted octanol–water partition coefficient (Wildman–Crippen LogP) is 2.56. The molecule has 0 saturated carbocycles. The lowest BCUT2D eigenvalue weighted by atomic mass is 10.1. The minimum absolute atomic E-state index is 0.142. The van der Waals surface area contributed by atoms with Gasteiger partial charge >= 0.3 is 0 Å². The van der Waals surface area contributed by atoms with Gasteiger partial charge < -0.3 is 0 Å². The molecule has 1 amide bonds. The number of hydrogen-bond acceptors (Lipinski definition) is 5. The van der Waals surface area contributed by atoms with Gasteiger partial charge in [-0.15, -0.1) is 0 Å². The third-order valence-corrected chi connectivity index (χ3v) is 5.18. The molecule has 2 heterocycles. The Kier molecular flexibility index (Phi) is 5.44. The molecule has 8 heteroatoms. The van der Waals surface area contributed by atoms with E-state index in [1.807, 2.05) is 51.2 Å². The van der Waals surface area contributed by atoms with E-state index < -0.39 is 5.91 Å². The Labute approximate surface area is 178 Å². The highest BCUT2D eigenvalue weighted by Crippen LogP contribution is 2.14. The lowest BCUT2D eigenvalue weighted by Gasteiger charge is -2.10. The van der Waals surface area contributed by atoms with Gasteiger partial charge in [-0.1, -0.05) is 48.5 Å². The van der Waals surface area contributed by atoms with E-state index in [2.05, 4.69) is 20.7 Å². The summed E-state index contributed by atoms with van der Waals surface area (Å²) < 4.78 is 3.07. The Hall–Kier alpha value is -4.07. The summed E-state index contributed by atoms with van der Waals surface area (Å²) in [6.45, 7) is 4.07. The SMILES string of the molecule is Cc1nn(C)c(C)c1/C=N\NC(=O)c1nn(Cc2ccccc2)c(=O)c2ccccc12. The fraction of sp³-hybridized carbons (Fsp3) is 0.174. The maximum absolute atomic E-state index is 12.9. The van der Waals surface area contributed by atoms with Crippen LogP contribution in [0.15, 0.2) is 64.5 Å². The molecule has 0 saturated heterocycles. The summed E-state index contributed by atoms with van der Waals surface area (Å²) in [7, 11) is 1.85. The summed E-state index contributed by atoms with van der Waals surface area (Å²) in [5.41, 5.74) is 5.94. The fourth-order valence-electron chi connectivity index (χ4n) is 3.45. The van der Waals surface area contributed by atoms with E-state index in [1.54, 1.807) is 35.2 Å². The largest absolute Gasteiger partial charge is 0.292 e. The van der Waals surface area contributed by atoms with Crippen LogP contribution in [0.3, 0.4) is 0 Å². The van der Waals surface area contributed by atoms with E-state index in [-0.39, 0.29) is 17.8 Å². The number of benzene rings is 2. The summed E-state index contributed by atoms with van der Waals surface area (Å²) in [6, 6.07) is 16.5. The Morgan fingerprint density at radius 3 is 2.39 bits per heavy atom. The van der Waals surface area contributed by atoms with Crippen molar-refractivity contribution in [2.45, 2.75) is 20.4 Å². The van der Waals surface area contributed by atoms with Gasteiger partial charge in [0.1, 0.15) is 0 Å². The minimum Gasteiger partial charge on any atom is -0.272 e. The molecule has 2 aromatic carbocycles. The van der Waals surface area contributed by atoms with Gasteiger partial charge in [0.2, 0.25) is 0 Å². The first-order chi connectivity index (χ1) is 15.0. The molecule has 1 N–H and O–H groups in total. The van der Waals surface area contributed by atoms with Crippen molar-refractivity contribution < 1.29 is 4.79 Å².